The molecule has 0 radical (unpaired) electrons. The Balaban J connectivity index is 1.52. The highest BCUT2D eigenvalue weighted by molar-refractivity contribution is 7.80. The van der Waals surface area contributed by atoms with Crippen LogP contribution in [-0.2, 0) is 0 Å². The molecule has 1 aliphatic carbocycles. The molecule has 4 N–H and O–H groups in total. The number of carbonyl (C=O) groups is 2. The zero-order valence-corrected chi connectivity index (χ0v) is 20.8. The lowest BCUT2D eigenvalue weighted by Gasteiger charge is -2.23. The van der Waals surface area contributed by atoms with Crippen molar-refractivity contribution in [3.8, 4) is 0 Å². The molecule has 0 spiro atoms. The molecule has 3 aromatic carbocycles. The third kappa shape index (κ3) is 4.30. The molecule has 4 aromatic rings. The second kappa shape index (κ2) is 9.04. The van der Waals surface area contributed by atoms with E-state index in [1.807, 2.05) is 0 Å². The second-order valence-electron chi connectivity index (χ2n) is 7.49. The first-order chi connectivity index (χ1) is 16.7. The van der Waals surface area contributed by atoms with Crippen LogP contribution in [0.1, 0.15) is 31.8 Å². The molecule has 0 amide bonds. The van der Waals surface area contributed by atoms with Gasteiger partial charge in [0.1, 0.15) is 0 Å². The Morgan fingerprint density at radius 2 is 1.37 bits per heavy atom. The number of hydrogen-bond donors (Lipinski definition) is 5. The number of nitrogen functional groups attached to an aromatic ring is 1. The molecule has 0 bridgehead atoms. The Morgan fingerprint density at radius 3 is 2.00 bits per heavy atom. The van der Waals surface area contributed by atoms with E-state index < -0.39 is 0 Å². The summed E-state index contributed by atoms with van der Waals surface area (Å²) in [6, 6.07) is 13.5. The molecule has 8 nitrogen and oxygen atoms in total. The third-order valence-electron chi connectivity index (χ3n) is 5.32. The number of ketones is 2. The summed E-state index contributed by atoms with van der Waals surface area (Å²) in [6.07, 6.45) is 0. The van der Waals surface area contributed by atoms with Crippen LogP contribution in [0.5, 0.6) is 0 Å². The van der Waals surface area contributed by atoms with Crippen LogP contribution in [0.25, 0.3) is 0 Å². The number of nitrogens with zero attached hydrogens (tertiary/aromatic N) is 3. The average molecular weight is 541 g/mol. The third-order valence-corrected chi connectivity index (χ3v) is 6.40. The molecule has 0 saturated heterocycles. The molecular weight excluding hydrogens is 527 g/mol. The van der Waals surface area contributed by atoms with Gasteiger partial charge in [0.2, 0.25) is 16.5 Å². The fraction of sp³-hybridized carbons (Fsp3) is 0. The molecule has 1 aromatic heterocycles. The fourth-order valence-electron chi connectivity index (χ4n) is 3.78. The molecule has 0 aliphatic heterocycles. The summed E-state index contributed by atoms with van der Waals surface area (Å²) in [5.74, 6) is -0.470. The Hall–Kier alpha value is -3.31. The van der Waals surface area contributed by atoms with E-state index in [4.69, 9.17) is 28.9 Å². The summed E-state index contributed by atoms with van der Waals surface area (Å²) < 4.78 is 0. The van der Waals surface area contributed by atoms with E-state index in [1.54, 1.807) is 48.5 Å². The van der Waals surface area contributed by atoms with Crippen molar-refractivity contribution in [3.05, 3.63) is 81.4 Å². The SMILES string of the molecule is Nc1c(S)cc(Nc2ccc(Nc3nc(Cl)nc(Cl)n3)c(S)c2)c2c1C(=O)c1ccccc1C2=O. The van der Waals surface area contributed by atoms with Crippen LogP contribution in [-0.4, -0.2) is 26.5 Å². The summed E-state index contributed by atoms with van der Waals surface area (Å²) in [5, 5.41) is 6.06. The van der Waals surface area contributed by atoms with Crippen molar-refractivity contribution in [1.82, 2.24) is 15.0 Å². The maximum absolute atomic E-state index is 13.4. The van der Waals surface area contributed by atoms with Gasteiger partial charge in [-0.3, -0.25) is 9.59 Å². The molecule has 35 heavy (non-hydrogen) atoms. The molecule has 1 heterocycles. The van der Waals surface area contributed by atoms with E-state index >= 15 is 0 Å². The number of fused-ring (bicyclic) bond motifs is 2. The van der Waals surface area contributed by atoms with Gasteiger partial charge in [0, 0.05) is 26.6 Å². The first kappa shape index (κ1) is 23.4. The molecule has 0 fully saturated rings. The first-order valence-corrected chi connectivity index (χ1v) is 11.7. The highest BCUT2D eigenvalue weighted by atomic mass is 35.5. The number of carbonyl (C=O) groups excluding carboxylic acids is 2. The van der Waals surface area contributed by atoms with Crippen LogP contribution >= 0.6 is 48.5 Å². The summed E-state index contributed by atoms with van der Waals surface area (Å²) in [5.41, 5.74) is 8.88. The Kier molecular flexibility index (Phi) is 6.06. The molecule has 1 aliphatic rings. The predicted molar refractivity (Wildman–Crippen MR) is 142 cm³/mol. The molecule has 174 valence electrons. The zero-order chi connectivity index (χ0) is 24.9. The number of rotatable bonds is 4. The van der Waals surface area contributed by atoms with Gasteiger partial charge < -0.3 is 16.4 Å². The van der Waals surface area contributed by atoms with Crippen LogP contribution in [0, 0.1) is 0 Å². The van der Waals surface area contributed by atoms with Gasteiger partial charge in [-0.15, -0.1) is 25.3 Å². The number of nitrogens with two attached hydrogens (primary N) is 1. The number of benzene rings is 3. The summed E-state index contributed by atoms with van der Waals surface area (Å²) in [7, 11) is 0. The number of nitrogens with one attached hydrogen (secondary N) is 2. The van der Waals surface area contributed by atoms with Crippen molar-refractivity contribution >= 4 is 88.7 Å². The quantitative estimate of drug-likeness (QED) is 0.147. The minimum atomic E-state index is -0.323. The molecule has 12 heteroatoms. The van der Waals surface area contributed by atoms with Gasteiger partial charge in [-0.25, -0.2) is 0 Å². The predicted octanol–water partition coefficient (Wildman–Crippen LogP) is 5.60. The van der Waals surface area contributed by atoms with Crippen molar-refractivity contribution < 1.29 is 9.59 Å². The van der Waals surface area contributed by atoms with Crippen molar-refractivity contribution in [2.45, 2.75) is 9.79 Å². The number of aromatic nitrogens is 3. The molecule has 0 atom stereocenters. The van der Waals surface area contributed by atoms with Gasteiger partial charge in [0.05, 0.1) is 28.2 Å². The van der Waals surface area contributed by atoms with Gasteiger partial charge in [0.25, 0.3) is 0 Å². The van der Waals surface area contributed by atoms with Gasteiger partial charge >= 0.3 is 0 Å². The molecular formula is C23H14Cl2N6O2S2. The monoisotopic (exact) mass is 540 g/mol. The van der Waals surface area contributed by atoms with E-state index in [1.165, 1.54) is 0 Å². The lowest BCUT2D eigenvalue weighted by atomic mass is 9.82. The van der Waals surface area contributed by atoms with Crippen molar-refractivity contribution in [3.63, 3.8) is 0 Å². The summed E-state index contributed by atoms with van der Waals surface area (Å²) in [4.78, 5) is 39.1. The topological polar surface area (TPSA) is 123 Å². The van der Waals surface area contributed by atoms with E-state index in [0.29, 0.717) is 38.0 Å². The molecule has 0 saturated carbocycles. The number of halogens is 2. The summed E-state index contributed by atoms with van der Waals surface area (Å²) >= 11 is 20.6. The van der Waals surface area contributed by atoms with Crippen LogP contribution in [0.2, 0.25) is 10.6 Å². The van der Waals surface area contributed by atoms with Gasteiger partial charge in [-0.2, -0.15) is 15.0 Å². The van der Waals surface area contributed by atoms with Crippen LogP contribution in [0.3, 0.4) is 0 Å². The van der Waals surface area contributed by atoms with Crippen LogP contribution < -0.4 is 16.4 Å². The molecule has 5 rings (SSSR count). The lowest BCUT2D eigenvalue weighted by Crippen LogP contribution is -2.24. The Morgan fingerprint density at radius 1 is 0.743 bits per heavy atom. The fourth-order valence-corrected chi connectivity index (χ4v) is 4.65. The van der Waals surface area contributed by atoms with Crippen molar-refractivity contribution in [1.29, 1.82) is 0 Å². The van der Waals surface area contributed by atoms with Crippen molar-refractivity contribution in [2.24, 2.45) is 0 Å². The van der Waals surface area contributed by atoms with Gasteiger partial charge in [-0.1, -0.05) is 24.3 Å². The minimum absolute atomic E-state index is 0.0528. The second-order valence-corrected chi connectivity index (χ2v) is 9.13. The number of hydrogen-bond acceptors (Lipinski definition) is 10. The normalized spacial score (nSPS) is 12.2. The summed E-state index contributed by atoms with van der Waals surface area (Å²) in [6.45, 7) is 0. The van der Waals surface area contributed by atoms with E-state index in [-0.39, 0.29) is 44.9 Å². The molecule has 0 unspecified atom stereocenters. The maximum atomic E-state index is 13.4. The van der Waals surface area contributed by atoms with E-state index in [0.717, 1.165) is 0 Å². The smallest absolute Gasteiger partial charge is 0.232 e. The van der Waals surface area contributed by atoms with E-state index in [9.17, 15) is 9.59 Å². The van der Waals surface area contributed by atoms with Gasteiger partial charge in [0.15, 0.2) is 11.6 Å². The Bertz CT molecular complexity index is 1540. The first-order valence-electron chi connectivity index (χ1n) is 10.0. The largest absolute Gasteiger partial charge is 0.397 e. The highest BCUT2D eigenvalue weighted by Crippen LogP contribution is 2.40. The van der Waals surface area contributed by atoms with Crippen LogP contribution in [0.4, 0.5) is 28.7 Å². The number of thiol groups is 2. The van der Waals surface area contributed by atoms with Crippen LogP contribution in [0.15, 0.2) is 58.3 Å². The average Bonchev–Trinajstić information content (AvgIpc) is 2.81. The Labute approximate surface area is 220 Å². The minimum Gasteiger partial charge on any atom is -0.397 e. The van der Waals surface area contributed by atoms with E-state index in [2.05, 4.69) is 50.8 Å². The highest BCUT2D eigenvalue weighted by Gasteiger charge is 2.34. The lowest BCUT2D eigenvalue weighted by molar-refractivity contribution is 0.0980. The number of anilines is 5. The standard InChI is InChI=1S/C23H14Cl2N6O2S2/c24-21-29-22(25)31-23(30-21)28-12-6-5-9(7-14(12)34)27-13-8-15(35)18(26)17-16(13)19(32)10-3-1-2-4-11(10)20(17)33/h1-8,27,34-35H,26H2,(H,28,29,30,31). The van der Waals surface area contributed by atoms with Crippen molar-refractivity contribution in [2.75, 3.05) is 16.4 Å². The maximum Gasteiger partial charge on any atom is 0.232 e. The zero-order valence-electron chi connectivity index (χ0n) is 17.5. The van der Waals surface area contributed by atoms with Gasteiger partial charge in [-0.05, 0) is 47.5 Å².